The molecule has 2 heteroatoms. The van der Waals surface area contributed by atoms with Gasteiger partial charge in [-0.2, -0.15) is 0 Å². The summed E-state index contributed by atoms with van der Waals surface area (Å²) >= 11 is 0. The summed E-state index contributed by atoms with van der Waals surface area (Å²) in [6.07, 6.45) is 13.4. The number of fused-ring (bicyclic) bond motifs is 5. The van der Waals surface area contributed by atoms with Crippen LogP contribution in [0.3, 0.4) is 0 Å². The highest BCUT2D eigenvalue weighted by Gasteiger charge is 2.59. The molecule has 2 nitrogen and oxygen atoms in total. The van der Waals surface area contributed by atoms with Gasteiger partial charge in [-0.05, 0) is 117 Å². The fraction of sp³-hybridized carbons (Fsp3) is 0.862. The van der Waals surface area contributed by atoms with E-state index in [4.69, 9.17) is 0 Å². The Morgan fingerprint density at radius 1 is 1.10 bits per heavy atom. The molecular weight excluding hydrogens is 380 g/mol. The van der Waals surface area contributed by atoms with E-state index in [1.807, 2.05) is 0 Å². The zero-order chi connectivity index (χ0) is 22.6. The lowest BCUT2D eigenvalue weighted by Gasteiger charge is -2.58. The van der Waals surface area contributed by atoms with Gasteiger partial charge in [0.15, 0.2) is 0 Å². The van der Waals surface area contributed by atoms with Crippen LogP contribution in [0.5, 0.6) is 0 Å². The van der Waals surface area contributed by atoms with Gasteiger partial charge in [-0.25, -0.2) is 0 Å². The smallest absolute Gasteiger partial charge is 0.0804 e. The molecule has 0 aromatic carbocycles. The molecule has 3 saturated carbocycles. The molecule has 4 rings (SSSR count). The van der Waals surface area contributed by atoms with Crippen LogP contribution in [0.4, 0.5) is 0 Å². The fourth-order valence-electron chi connectivity index (χ4n) is 8.97. The molecule has 0 bridgehead atoms. The largest absolute Gasteiger partial charge is 0.390 e. The normalized spacial score (nSPS) is 46.4. The molecule has 2 N–H and O–H groups in total. The minimum absolute atomic E-state index is 0.170. The Labute approximate surface area is 191 Å². The Balaban J connectivity index is 1.50. The van der Waals surface area contributed by atoms with E-state index in [1.165, 1.54) is 50.5 Å². The van der Waals surface area contributed by atoms with Crippen LogP contribution in [0.25, 0.3) is 0 Å². The van der Waals surface area contributed by atoms with Crippen molar-refractivity contribution in [2.24, 2.45) is 46.3 Å². The van der Waals surface area contributed by atoms with E-state index in [2.05, 4.69) is 47.3 Å². The molecule has 0 aliphatic heterocycles. The standard InChI is InChI=1S/C29H48O2/c1-7-20(18(2)3)9-8-19(4)23-12-13-24-22-11-10-21-16-26(30)27(31)17-29(21,6)25(22)14-15-28(23,24)5/h11,19-21,23-27,30-31H,2,7-10,12-17H2,1,3-6H3/t19-,20+,21+,23-,24-,25-,26-,27-,28-,29+/m1/s1. The first-order valence-corrected chi connectivity index (χ1v) is 13.3. The van der Waals surface area contributed by atoms with Crippen molar-refractivity contribution in [3.8, 4) is 0 Å². The third-order valence-corrected chi connectivity index (χ3v) is 11.0. The zero-order valence-electron chi connectivity index (χ0n) is 20.9. The van der Waals surface area contributed by atoms with E-state index in [0.29, 0.717) is 23.2 Å². The van der Waals surface area contributed by atoms with Crippen molar-refractivity contribution in [2.75, 3.05) is 0 Å². The second kappa shape index (κ2) is 8.64. The van der Waals surface area contributed by atoms with Gasteiger partial charge in [-0.3, -0.25) is 0 Å². The van der Waals surface area contributed by atoms with Gasteiger partial charge in [-0.1, -0.05) is 51.5 Å². The summed E-state index contributed by atoms with van der Waals surface area (Å²) in [5.74, 6) is 4.21. The third-order valence-electron chi connectivity index (χ3n) is 11.0. The van der Waals surface area contributed by atoms with Crippen LogP contribution in [-0.4, -0.2) is 22.4 Å². The van der Waals surface area contributed by atoms with Gasteiger partial charge < -0.3 is 10.2 Å². The van der Waals surface area contributed by atoms with Crippen molar-refractivity contribution in [3.05, 3.63) is 23.8 Å². The minimum Gasteiger partial charge on any atom is -0.390 e. The second-order valence-corrected chi connectivity index (χ2v) is 12.6. The van der Waals surface area contributed by atoms with Crippen molar-refractivity contribution in [3.63, 3.8) is 0 Å². The molecule has 0 saturated heterocycles. The molecule has 3 fully saturated rings. The number of hydrogen-bond donors (Lipinski definition) is 2. The highest BCUT2D eigenvalue weighted by atomic mass is 16.3. The maximum absolute atomic E-state index is 10.5. The van der Waals surface area contributed by atoms with Crippen LogP contribution in [0.1, 0.15) is 98.8 Å². The van der Waals surface area contributed by atoms with Crippen LogP contribution in [0, 0.1) is 46.3 Å². The van der Waals surface area contributed by atoms with Crippen LogP contribution in [-0.2, 0) is 0 Å². The predicted octanol–water partition coefficient (Wildman–Crippen LogP) is 6.92. The molecule has 0 aromatic heterocycles. The van der Waals surface area contributed by atoms with Crippen molar-refractivity contribution in [1.82, 2.24) is 0 Å². The average Bonchev–Trinajstić information content (AvgIpc) is 3.06. The highest BCUT2D eigenvalue weighted by molar-refractivity contribution is 5.28. The molecule has 176 valence electrons. The summed E-state index contributed by atoms with van der Waals surface area (Å²) in [7, 11) is 0. The van der Waals surface area contributed by atoms with Gasteiger partial charge in [0.2, 0.25) is 0 Å². The Kier molecular flexibility index (Phi) is 6.56. The number of aliphatic hydroxyl groups is 2. The van der Waals surface area contributed by atoms with Crippen molar-refractivity contribution in [2.45, 2.75) is 111 Å². The molecule has 0 aromatic rings. The van der Waals surface area contributed by atoms with Gasteiger partial charge in [0.1, 0.15) is 0 Å². The van der Waals surface area contributed by atoms with Crippen LogP contribution in [0.15, 0.2) is 23.8 Å². The van der Waals surface area contributed by atoms with Gasteiger partial charge in [0, 0.05) is 0 Å². The maximum atomic E-state index is 10.5. The summed E-state index contributed by atoms with van der Waals surface area (Å²) in [5, 5.41) is 20.8. The fourth-order valence-corrected chi connectivity index (χ4v) is 8.97. The van der Waals surface area contributed by atoms with Crippen molar-refractivity contribution < 1.29 is 10.2 Å². The number of allylic oxidation sites excluding steroid dienone is 3. The van der Waals surface area contributed by atoms with E-state index in [1.54, 1.807) is 5.57 Å². The van der Waals surface area contributed by atoms with E-state index in [0.717, 1.165) is 37.0 Å². The Morgan fingerprint density at radius 3 is 2.48 bits per heavy atom. The van der Waals surface area contributed by atoms with E-state index in [-0.39, 0.29) is 5.41 Å². The van der Waals surface area contributed by atoms with Gasteiger partial charge in [0.25, 0.3) is 0 Å². The molecule has 31 heavy (non-hydrogen) atoms. The van der Waals surface area contributed by atoms with E-state index in [9.17, 15) is 10.2 Å². The van der Waals surface area contributed by atoms with Gasteiger partial charge in [0.05, 0.1) is 12.2 Å². The lowest BCUT2D eigenvalue weighted by molar-refractivity contribution is -0.107. The molecule has 10 atom stereocenters. The first-order chi connectivity index (χ1) is 14.6. The summed E-state index contributed by atoms with van der Waals surface area (Å²) in [5.41, 5.74) is 3.73. The summed E-state index contributed by atoms with van der Waals surface area (Å²) in [4.78, 5) is 0. The Morgan fingerprint density at radius 2 is 1.81 bits per heavy atom. The highest BCUT2D eigenvalue weighted by Crippen LogP contribution is 2.67. The molecule has 0 amide bonds. The van der Waals surface area contributed by atoms with E-state index < -0.39 is 12.2 Å². The first kappa shape index (κ1) is 23.6. The lowest BCUT2D eigenvalue weighted by Crippen LogP contribution is -2.53. The van der Waals surface area contributed by atoms with Gasteiger partial charge >= 0.3 is 0 Å². The van der Waals surface area contributed by atoms with Crippen molar-refractivity contribution >= 4 is 0 Å². The third kappa shape index (κ3) is 3.88. The van der Waals surface area contributed by atoms with Crippen LogP contribution >= 0.6 is 0 Å². The molecule has 0 heterocycles. The molecule has 0 unspecified atom stereocenters. The first-order valence-electron chi connectivity index (χ1n) is 13.3. The minimum atomic E-state index is -0.537. The molecule has 0 spiro atoms. The quantitative estimate of drug-likeness (QED) is 0.451. The summed E-state index contributed by atoms with van der Waals surface area (Å²) in [6, 6.07) is 0. The zero-order valence-corrected chi connectivity index (χ0v) is 20.9. The van der Waals surface area contributed by atoms with Crippen molar-refractivity contribution in [1.29, 1.82) is 0 Å². The average molecular weight is 429 g/mol. The number of rotatable bonds is 6. The number of hydrogen-bond acceptors (Lipinski definition) is 2. The molecule has 4 aliphatic carbocycles. The van der Waals surface area contributed by atoms with Gasteiger partial charge in [-0.15, -0.1) is 0 Å². The van der Waals surface area contributed by atoms with Crippen LogP contribution < -0.4 is 0 Å². The Bertz CT molecular complexity index is 710. The Hall–Kier alpha value is -0.600. The maximum Gasteiger partial charge on any atom is 0.0804 e. The number of aliphatic hydroxyl groups excluding tert-OH is 2. The SMILES string of the molecule is C=C(C)[C@@H](CC)CC[C@@H](C)[C@H]1CC[C@@H]2C3=CC[C@H]4C[C@@H](O)[C@H](O)C[C@]4(C)[C@@H]3CC[C@@]21C. The summed E-state index contributed by atoms with van der Waals surface area (Å²) in [6.45, 7) is 16.3. The molecule has 4 aliphatic rings. The molecular formula is C29H48O2. The lowest BCUT2D eigenvalue weighted by atomic mass is 9.47. The topological polar surface area (TPSA) is 40.5 Å². The van der Waals surface area contributed by atoms with E-state index >= 15 is 0 Å². The monoisotopic (exact) mass is 428 g/mol. The summed E-state index contributed by atoms with van der Waals surface area (Å²) < 4.78 is 0. The second-order valence-electron chi connectivity index (χ2n) is 12.6. The van der Waals surface area contributed by atoms with Crippen LogP contribution in [0.2, 0.25) is 0 Å². The molecule has 0 radical (unpaired) electrons. The predicted molar refractivity (Wildman–Crippen MR) is 130 cm³/mol.